The van der Waals surface area contributed by atoms with Gasteiger partial charge in [-0.25, -0.2) is 4.98 Å². The fourth-order valence-electron chi connectivity index (χ4n) is 3.99. The van der Waals surface area contributed by atoms with Crippen LogP contribution in [0.15, 0.2) is 36.4 Å². The largest absolute Gasteiger partial charge is 0.493 e. The van der Waals surface area contributed by atoms with Crippen LogP contribution in [0.3, 0.4) is 0 Å². The molecular weight excluding hydrogens is 394 g/mol. The number of benzene rings is 2. The molecule has 0 radical (unpaired) electrons. The molecule has 0 spiro atoms. The van der Waals surface area contributed by atoms with Crippen molar-refractivity contribution in [3.05, 3.63) is 58.8 Å². The van der Waals surface area contributed by atoms with Crippen LogP contribution >= 0.6 is 11.3 Å². The van der Waals surface area contributed by atoms with Crippen molar-refractivity contribution in [3.8, 4) is 21.9 Å². The first-order valence-electron chi connectivity index (χ1n) is 10.2. The molecule has 0 amide bonds. The fraction of sp³-hybridized carbons (Fsp3) is 0.375. The van der Waals surface area contributed by atoms with Gasteiger partial charge in [0.05, 0.1) is 24.8 Å². The smallest absolute Gasteiger partial charge is 0.185 e. The summed E-state index contributed by atoms with van der Waals surface area (Å²) in [4.78, 5) is 10.5. The van der Waals surface area contributed by atoms with Gasteiger partial charge in [0.15, 0.2) is 16.6 Å². The molecule has 158 valence electrons. The highest BCUT2D eigenvalue weighted by molar-refractivity contribution is 7.19. The average Bonchev–Trinajstić information content (AvgIpc) is 3.15. The molecule has 4 rings (SSSR count). The van der Waals surface area contributed by atoms with Crippen LogP contribution in [0, 0.1) is 6.92 Å². The number of thiazole rings is 1. The van der Waals surface area contributed by atoms with E-state index in [1.54, 1.807) is 25.6 Å². The fourth-order valence-corrected chi connectivity index (χ4v) is 4.97. The summed E-state index contributed by atoms with van der Waals surface area (Å²) in [6.07, 6.45) is 1.02. The van der Waals surface area contributed by atoms with E-state index in [9.17, 15) is 0 Å². The SMILES string of the molecule is COc1cc2c(cc1OC)CN(Cc1cccc(-c3sc(N(C)C)nc3C)c1)CC2. The Kier molecular flexibility index (Phi) is 5.97. The molecule has 3 aromatic rings. The Balaban J connectivity index is 1.53. The molecule has 0 aliphatic carbocycles. The number of ether oxygens (including phenoxy) is 2. The third-order valence-corrected chi connectivity index (χ3v) is 6.93. The zero-order valence-electron chi connectivity index (χ0n) is 18.4. The molecule has 2 aromatic carbocycles. The Bertz CT molecular complexity index is 1040. The zero-order valence-corrected chi connectivity index (χ0v) is 19.2. The van der Waals surface area contributed by atoms with Crippen molar-refractivity contribution in [3.63, 3.8) is 0 Å². The lowest BCUT2D eigenvalue weighted by atomic mass is 9.98. The summed E-state index contributed by atoms with van der Waals surface area (Å²) in [7, 11) is 7.46. The normalized spacial score (nSPS) is 13.8. The molecule has 30 heavy (non-hydrogen) atoms. The van der Waals surface area contributed by atoms with E-state index in [2.05, 4.69) is 53.1 Å². The second-order valence-electron chi connectivity index (χ2n) is 7.94. The summed E-state index contributed by atoms with van der Waals surface area (Å²) in [5.74, 6) is 1.62. The van der Waals surface area contributed by atoms with Crippen molar-refractivity contribution in [1.29, 1.82) is 0 Å². The minimum atomic E-state index is 0.803. The molecule has 0 bridgehead atoms. The number of hydrogen-bond acceptors (Lipinski definition) is 6. The highest BCUT2D eigenvalue weighted by Gasteiger charge is 2.20. The Hall–Kier alpha value is -2.57. The van der Waals surface area contributed by atoms with Crippen LogP contribution in [0.1, 0.15) is 22.4 Å². The molecule has 0 fully saturated rings. The van der Waals surface area contributed by atoms with Gasteiger partial charge in [0.2, 0.25) is 0 Å². The number of anilines is 1. The predicted molar refractivity (Wildman–Crippen MR) is 124 cm³/mol. The van der Waals surface area contributed by atoms with Gasteiger partial charge < -0.3 is 14.4 Å². The number of aromatic nitrogens is 1. The van der Waals surface area contributed by atoms with E-state index in [1.807, 2.05) is 14.1 Å². The number of nitrogens with zero attached hydrogens (tertiary/aromatic N) is 3. The van der Waals surface area contributed by atoms with E-state index in [0.29, 0.717) is 0 Å². The maximum absolute atomic E-state index is 5.50. The van der Waals surface area contributed by atoms with Crippen molar-refractivity contribution in [2.45, 2.75) is 26.4 Å². The minimum Gasteiger partial charge on any atom is -0.493 e. The molecule has 6 heteroatoms. The van der Waals surface area contributed by atoms with E-state index in [-0.39, 0.29) is 0 Å². The van der Waals surface area contributed by atoms with Crippen molar-refractivity contribution < 1.29 is 9.47 Å². The lowest BCUT2D eigenvalue weighted by Gasteiger charge is -2.29. The predicted octanol–water partition coefficient (Wildman–Crippen LogP) is 4.76. The first kappa shape index (κ1) is 20.7. The number of rotatable bonds is 6. The number of hydrogen-bond donors (Lipinski definition) is 0. The lowest BCUT2D eigenvalue weighted by molar-refractivity contribution is 0.244. The van der Waals surface area contributed by atoms with Crippen LogP contribution in [0.5, 0.6) is 11.5 Å². The van der Waals surface area contributed by atoms with Crippen LogP contribution in [0.2, 0.25) is 0 Å². The van der Waals surface area contributed by atoms with Gasteiger partial charge in [-0.15, -0.1) is 0 Å². The average molecular weight is 424 g/mol. The van der Waals surface area contributed by atoms with Gasteiger partial charge in [-0.3, -0.25) is 4.90 Å². The first-order valence-corrected chi connectivity index (χ1v) is 11.0. The van der Waals surface area contributed by atoms with Crippen LogP contribution in [0.25, 0.3) is 10.4 Å². The Labute approximate surface area is 182 Å². The third kappa shape index (κ3) is 4.16. The quantitative estimate of drug-likeness (QED) is 0.571. The monoisotopic (exact) mass is 423 g/mol. The van der Waals surface area contributed by atoms with E-state index in [0.717, 1.165) is 48.4 Å². The maximum Gasteiger partial charge on any atom is 0.185 e. The molecule has 0 unspecified atom stereocenters. The summed E-state index contributed by atoms with van der Waals surface area (Å²) in [6.45, 7) is 4.98. The molecule has 0 saturated carbocycles. The number of methoxy groups -OCH3 is 2. The summed E-state index contributed by atoms with van der Waals surface area (Å²) in [6, 6.07) is 13.1. The van der Waals surface area contributed by atoms with Crippen molar-refractivity contribution in [1.82, 2.24) is 9.88 Å². The van der Waals surface area contributed by atoms with Gasteiger partial charge in [0.1, 0.15) is 0 Å². The van der Waals surface area contributed by atoms with Gasteiger partial charge in [0.25, 0.3) is 0 Å². The second-order valence-corrected chi connectivity index (χ2v) is 8.92. The van der Waals surface area contributed by atoms with Gasteiger partial charge in [-0.2, -0.15) is 0 Å². The van der Waals surface area contributed by atoms with Crippen LogP contribution in [-0.2, 0) is 19.5 Å². The first-order chi connectivity index (χ1) is 14.5. The topological polar surface area (TPSA) is 37.8 Å². The standard InChI is InChI=1S/C24H29N3O2S/c1-16-23(30-24(25-16)26(2)3)19-8-6-7-17(11-19)14-27-10-9-18-12-21(28-4)22(29-5)13-20(18)15-27/h6-8,11-13H,9-10,14-15H2,1-5H3. The van der Waals surface area contributed by atoms with Crippen LogP contribution < -0.4 is 14.4 Å². The molecule has 0 atom stereocenters. The van der Waals surface area contributed by atoms with E-state index in [4.69, 9.17) is 14.5 Å². The zero-order chi connectivity index (χ0) is 21.3. The van der Waals surface area contributed by atoms with Gasteiger partial charge >= 0.3 is 0 Å². The van der Waals surface area contributed by atoms with Gasteiger partial charge in [0, 0.05) is 33.7 Å². The Morgan fingerprint density at radius 3 is 2.47 bits per heavy atom. The van der Waals surface area contributed by atoms with Crippen molar-refractivity contribution in [2.24, 2.45) is 0 Å². The van der Waals surface area contributed by atoms with Crippen LogP contribution in [-0.4, -0.2) is 44.7 Å². The molecule has 2 heterocycles. The van der Waals surface area contributed by atoms with Crippen LogP contribution in [0.4, 0.5) is 5.13 Å². The molecule has 1 aliphatic heterocycles. The lowest BCUT2D eigenvalue weighted by Crippen LogP contribution is -2.30. The van der Waals surface area contributed by atoms with Crippen molar-refractivity contribution >= 4 is 16.5 Å². The van der Waals surface area contributed by atoms with Gasteiger partial charge in [-0.1, -0.05) is 29.5 Å². The van der Waals surface area contributed by atoms with Crippen molar-refractivity contribution in [2.75, 3.05) is 39.8 Å². The molecule has 0 saturated heterocycles. The summed E-state index contributed by atoms with van der Waals surface area (Å²) < 4.78 is 11.0. The molecule has 1 aliphatic rings. The maximum atomic E-state index is 5.50. The summed E-state index contributed by atoms with van der Waals surface area (Å²) >= 11 is 1.75. The Morgan fingerprint density at radius 2 is 1.80 bits per heavy atom. The molecule has 5 nitrogen and oxygen atoms in total. The Morgan fingerprint density at radius 1 is 1.07 bits per heavy atom. The summed E-state index contributed by atoms with van der Waals surface area (Å²) in [5, 5.41) is 1.05. The molecule has 1 aromatic heterocycles. The molecule has 0 N–H and O–H groups in total. The number of fused-ring (bicyclic) bond motifs is 1. The number of aryl methyl sites for hydroxylation is 1. The van der Waals surface area contributed by atoms with E-state index in [1.165, 1.54) is 27.1 Å². The highest BCUT2D eigenvalue weighted by Crippen LogP contribution is 2.35. The van der Waals surface area contributed by atoms with E-state index >= 15 is 0 Å². The minimum absolute atomic E-state index is 0.803. The van der Waals surface area contributed by atoms with Gasteiger partial charge in [-0.05, 0) is 53.8 Å². The van der Waals surface area contributed by atoms with E-state index < -0.39 is 0 Å². The second kappa shape index (κ2) is 8.66. The highest BCUT2D eigenvalue weighted by atomic mass is 32.1. The summed E-state index contributed by atoms with van der Waals surface area (Å²) in [5.41, 5.74) is 6.35. The third-order valence-electron chi connectivity index (χ3n) is 5.56. The molecular formula is C24H29N3O2S.